The van der Waals surface area contributed by atoms with Gasteiger partial charge in [0.2, 0.25) is 0 Å². The van der Waals surface area contributed by atoms with E-state index in [4.69, 9.17) is 16.6 Å². The molecule has 0 bridgehead atoms. The minimum Gasteiger partial charge on any atom is -0.480 e. The van der Waals surface area contributed by atoms with E-state index in [1.54, 1.807) is 0 Å². The molecule has 0 radical (unpaired) electrons. The number of hydrogen-bond donors (Lipinski definition) is 3. The molecule has 0 saturated carbocycles. The zero-order chi connectivity index (χ0) is 9.78. The Bertz CT molecular complexity index is 161. The van der Waals surface area contributed by atoms with Crippen molar-refractivity contribution in [2.24, 2.45) is 11.5 Å². The molecule has 0 rings (SSSR count). The van der Waals surface area contributed by atoms with Crippen LogP contribution in [0.2, 0.25) is 0 Å². The molecule has 0 aliphatic carbocycles. The first kappa shape index (κ1) is 11.7. The van der Waals surface area contributed by atoms with Crippen LogP contribution in [0.1, 0.15) is 13.8 Å². The topological polar surface area (TPSA) is 89.3 Å². The van der Waals surface area contributed by atoms with Crippen molar-refractivity contribution < 1.29 is 9.90 Å². The van der Waals surface area contributed by atoms with Gasteiger partial charge in [-0.2, -0.15) is 11.8 Å². The molecule has 12 heavy (non-hydrogen) atoms. The number of hydrogen-bond acceptors (Lipinski definition) is 4. The normalized spacial score (nSPS) is 14.3. The van der Waals surface area contributed by atoms with Gasteiger partial charge in [-0.15, -0.1) is 0 Å². The maximum Gasteiger partial charge on any atom is 0.321 e. The van der Waals surface area contributed by atoms with Gasteiger partial charge >= 0.3 is 5.97 Å². The van der Waals surface area contributed by atoms with Crippen LogP contribution < -0.4 is 11.5 Å². The Hall–Kier alpha value is -0.260. The van der Waals surface area contributed by atoms with Crippen LogP contribution in [-0.4, -0.2) is 34.2 Å². The summed E-state index contributed by atoms with van der Waals surface area (Å²) in [6.07, 6.45) is 0. The van der Waals surface area contributed by atoms with Gasteiger partial charge in [0.1, 0.15) is 6.04 Å². The van der Waals surface area contributed by atoms with Crippen LogP contribution >= 0.6 is 11.8 Å². The third-order valence-corrected chi connectivity index (χ3v) is 3.04. The Morgan fingerprint density at radius 2 is 2.17 bits per heavy atom. The summed E-state index contributed by atoms with van der Waals surface area (Å²) >= 11 is 1.48. The first-order chi connectivity index (χ1) is 5.41. The van der Waals surface area contributed by atoms with E-state index in [9.17, 15) is 4.79 Å². The Morgan fingerprint density at radius 1 is 1.67 bits per heavy atom. The second-order valence-corrected chi connectivity index (χ2v) is 4.81. The Kier molecular flexibility index (Phi) is 4.59. The van der Waals surface area contributed by atoms with Gasteiger partial charge in [-0.05, 0) is 13.8 Å². The number of rotatable bonds is 5. The Morgan fingerprint density at radius 3 is 2.50 bits per heavy atom. The standard InChI is InChI=1S/C7H16N2O2S/c1-7(2,12-4-3-8)5(9)6(10)11/h5H,3-4,8-9H2,1-2H3,(H,10,11)/t5-/m0/s1. The van der Waals surface area contributed by atoms with Crippen molar-refractivity contribution in [2.45, 2.75) is 24.6 Å². The van der Waals surface area contributed by atoms with Crippen molar-refractivity contribution in [2.75, 3.05) is 12.3 Å². The summed E-state index contributed by atoms with van der Waals surface area (Å²) in [4.78, 5) is 10.5. The first-order valence-corrected chi connectivity index (χ1v) is 4.73. The maximum absolute atomic E-state index is 10.5. The van der Waals surface area contributed by atoms with E-state index in [1.165, 1.54) is 11.8 Å². The zero-order valence-corrected chi connectivity index (χ0v) is 8.23. The Labute approximate surface area is 76.7 Å². The lowest BCUT2D eigenvalue weighted by Crippen LogP contribution is -2.47. The molecule has 5 N–H and O–H groups in total. The molecule has 0 aromatic rings. The van der Waals surface area contributed by atoms with Gasteiger partial charge in [-0.25, -0.2) is 0 Å². The smallest absolute Gasteiger partial charge is 0.321 e. The van der Waals surface area contributed by atoms with E-state index >= 15 is 0 Å². The van der Waals surface area contributed by atoms with Crippen LogP contribution in [0.4, 0.5) is 0 Å². The molecule has 0 aliphatic rings. The third kappa shape index (κ3) is 3.42. The fraction of sp³-hybridized carbons (Fsp3) is 0.857. The minimum atomic E-state index is -0.968. The molecule has 72 valence electrons. The zero-order valence-electron chi connectivity index (χ0n) is 7.41. The lowest BCUT2D eigenvalue weighted by molar-refractivity contribution is -0.139. The number of nitrogens with two attached hydrogens (primary N) is 2. The third-order valence-electron chi connectivity index (χ3n) is 1.61. The van der Waals surface area contributed by atoms with E-state index in [1.807, 2.05) is 13.8 Å². The van der Waals surface area contributed by atoms with E-state index < -0.39 is 16.8 Å². The number of thioether (sulfide) groups is 1. The molecule has 0 aromatic heterocycles. The molecule has 0 heterocycles. The number of aliphatic carboxylic acids is 1. The molecule has 0 aromatic carbocycles. The van der Waals surface area contributed by atoms with Gasteiger partial charge in [0.05, 0.1) is 0 Å². The molecule has 0 spiro atoms. The van der Waals surface area contributed by atoms with Gasteiger partial charge in [0, 0.05) is 17.0 Å². The number of carboxylic acid groups (broad SMARTS) is 1. The SMILES string of the molecule is CC(C)(SCCN)[C@@H](N)C(=O)O. The van der Waals surface area contributed by atoms with Gasteiger partial charge in [-0.1, -0.05) is 0 Å². The molecular formula is C7H16N2O2S. The van der Waals surface area contributed by atoms with Gasteiger partial charge in [0.25, 0.3) is 0 Å². The van der Waals surface area contributed by atoms with E-state index in [2.05, 4.69) is 0 Å². The first-order valence-electron chi connectivity index (χ1n) is 3.74. The highest BCUT2D eigenvalue weighted by molar-refractivity contribution is 8.00. The van der Waals surface area contributed by atoms with Gasteiger partial charge in [0.15, 0.2) is 0 Å². The monoisotopic (exact) mass is 192 g/mol. The van der Waals surface area contributed by atoms with Crippen LogP contribution in [0.25, 0.3) is 0 Å². The highest BCUT2D eigenvalue weighted by Crippen LogP contribution is 2.26. The quantitative estimate of drug-likeness (QED) is 0.564. The molecule has 4 nitrogen and oxygen atoms in total. The second-order valence-electron chi connectivity index (χ2n) is 3.06. The average molecular weight is 192 g/mol. The fourth-order valence-corrected chi connectivity index (χ4v) is 1.63. The van der Waals surface area contributed by atoms with Crippen molar-refractivity contribution in [1.29, 1.82) is 0 Å². The van der Waals surface area contributed by atoms with E-state index in [0.717, 1.165) is 5.75 Å². The summed E-state index contributed by atoms with van der Waals surface area (Å²) in [5.41, 5.74) is 10.8. The van der Waals surface area contributed by atoms with Crippen LogP contribution in [0.5, 0.6) is 0 Å². The molecule has 1 atom stereocenters. The highest BCUT2D eigenvalue weighted by atomic mass is 32.2. The molecule has 0 fully saturated rings. The number of carbonyl (C=O) groups is 1. The van der Waals surface area contributed by atoms with Crippen LogP contribution in [0.3, 0.4) is 0 Å². The minimum absolute atomic E-state index is 0.453. The molecular weight excluding hydrogens is 176 g/mol. The highest BCUT2D eigenvalue weighted by Gasteiger charge is 2.31. The van der Waals surface area contributed by atoms with Crippen molar-refractivity contribution >= 4 is 17.7 Å². The molecule has 5 heteroatoms. The lowest BCUT2D eigenvalue weighted by atomic mass is 10.1. The average Bonchev–Trinajstić information content (AvgIpc) is 1.99. The molecule has 0 aliphatic heterocycles. The summed E-state index contributed by atoms with van der Waals surface area (Å²) < 4.78 is -0.453. The van der Waals surface area contributed by atoms with Crippen molar-refractivity contribution in [3.8, 4) is 0 Å². The molecule has 0 unspecified atom stereocenters. The van der Waals surface area contributed by atoms with Crippen molar-refractivity contribution in [3.05, 3.63) is 0 Å². The van der Waals surface area contributed by atoms with Crippen LogP contribution in [-0.2, 0) is 4.79 Å². The van der Waals surface area contributed by atoms with Gasteiger partial charge < -0.3 is 16.6 Å². The predicted molar refractivity (Wildman–Crippen MR) is 51.2 cm³/mol. The summed E-state index contributed by atoms with van der Waals surface area (Å²) in [7, 11) is 0. The van der Waals surface area contributed by atoms with Crippen molar-refractivity contribution in [1.82, 2.24) is 0 Å². The summed E-state index contributed by atoms with van der Waals surface area (Å²) in [5.74, 6) is -0.238. The maximum atomic E-state index is 10.5. The molecule has 0 saturated heterocycles. The lowest BCUT2D eigenvalue weighted by Gasteiger charge is -2.27. The van der Waals surface area contributed by atoms with Crippen LogP contribution in [0.15, 0.2) is 0 Å². The molecule has 0 amide bonds. The van der Waals surface area contributed by atoms with Gasteiger partial charge in [-0.3, -0.25) is 4.79 Å². The van der Waals surface area contributed by atoms with Crippen LogP contribution in [0, 0.1) is 0 Å². The number of carboxylic acids is 1. The van der Waals surface area contributed by atoms with E-state index in [0.29, 0.717) is 6.54 Å². The van der Waals surface area contributed by atoms with E-state index in [-0.39, 0.29) is 0 Å². The fourth-order valence-electron chi connectivity index (χ4n) is 0.709. The predicted octanol–water partition coefficient (Wildman–Crippen LogP) is -0.131. The largest absolute Gasteiger partial charge is 0.480 e. The second kappa shape index (κ2) is 4.69. The Balaban J connectivity index is 4.08. The summed E-state index contributed by atoms with van der Waals surface area (Å²) in [5, 5.41) is 8.65. The summed E-state index contributed by atoms with van der Waals surface area (Å²) in [6.45, 7) is 4.17. The van der Waals surface area contributed by atoms with Crippen molar-refractivity contribution in [3.63, 3.8) is 0 Å². The summed E-state index contributed by atoms with van der Waals surface area (Å²) in [6, 6.07) is -0.839.